The molecule has 2 rings (SSSR count). The van der Waals surface area contributed by atoms with Crippen molar-refractivity contribution >= 4 is 33.6 Å². The van der Waals surface area contributed by atoms with E-state index in [1.165, 1.54) is 0 Å². The van der Waals surface area contributed by atoms with Gasteiger partial charge in [0, 0.05) is 16.6 Å². The molecule has 0 unspecified atom stereocenters. The summed E-state index contributed by atoms with van der Waals surface area (Å²) < 4.78 is 0.871. The Kier molecular flexibility index (Phi) is 5.08. The maximum atomic E-state index is 12.1. The summed E-state index contributed by atoms with van der Waals surface area (Å²) >= 11 is 3.30. The molecule has 0 aromatic carbocycles. The first-order valence-corrected chi connectivity index (χ1v) is 7.27. The van der Waals surface area contributed by atoms with Crippen LogP contribution in [-0.2, 0) is 9.59 Å². The summed E-state index contributed by atoms with van der Waals surface area (Å²) in [5.74, 6) is 0.174. The number of carbonyl (C=O) groups excluding carboxylic acids is 2. The van der Waals surface area contributed by atoms with E-state index in [-0.39, 0.29) is 24.3 Å². The molecule has 0 saturated carbocycles. The summed E-state index contributed by atoms with van der Waals surface area (Å²) in [6.45, 7) is 1.70. The number of likely N-dealkylation sites (tertiary alicyclic amines) is 1. The Labute approximate surface area is 125 Å². The van der Waals surface area contributed by atoms with Gasteiger partial charge in [-0.3, -0.25) is 14.5 Å². The molecule has 2 heterocycles. The van der Waals surface area contributed by atoms with Crippen LogP contribution in [0.1, 0.15) is 12.8 Å². The number of nitrogens with zero attached hydrogens (tertiary/aromatic N) is 2. The van der Waals surface area contributed by atoms with Crippen molar-refractivity contribution in [2.24, 2.45) is 11.7 Å². The Morgan fingerprint density at radius 3 is 2.65 bits per heavy atom. The number of halogens is 1. The third-order valence-corrected chi connectivity index (χ3v) is 3.79. The second kappa shape index (κ2) is 6.81. The quantitative estimate of drug-likeness (QED) is 0.855. The molecule has 1 aliphatic heterocycles. The summed E-state index contributed by atoms with van der Waals surface area (Å²) in [4.78, 5) is 29.0. The van der Waals surface area contributed by atoms with Gasteiger partial charge in [-0.2, -0.15) is 0 Å². The summed E-state index contributed by atoms with van der Waals surface area (Å²) in [7, 11) is 0. The zero-order valence-corrected chi connectivity index (χ0v) is 12.6. The lowest BCUT2D eigenvalue weighted by Gasteiger charge is -2.30. The third kappa shape index (κ3) is 4.28. The number of amides is 2. The molecule has 0 aliphatic carbocycles. The van der Waals surface area contributed by atoms with Crippen molar-refractivity contribution in [3.05, 3.63) is 22.8 Å². The molecule has 1 aromatic heterocycles. The van der Waals surface area contributed by atoms with Gasteiger partial charge in [-0.25, -0.2) is 4.98 Å². The third-order valence-electron chi connectivity index (χ3n) is 3.32. The molecule has 1 saturated heterocycles. The number of piperidine rings is 1. The number of nitrogens with two attached hydrogens (primary N) is 1. The van der Waals surface area contributed by atoms with Gasteiger partial charge in [0.05, 0.1) is 6.54 Å². The van der Waals surface area contributed by atoms with E-state index in [0.29, 0.717) is 5.82 Å². The van der Waals surface area contributed by atoms with E-state index in [0.717, 1.165) is 30.4 Å². The molecule has 108 valence electrons. The Bertz CT molecular complexity index is 484. The van der Waals surface area contributed by atoms with Crippen LogP contribution in [0.25, 0.3) is 0 Å². The number of pyridine rings is 1. The Morgan fingerprint density at radius 1 is 1.40 bits per heavy atom. The Hall–Kier alpha value is -1.47. The lowest BCUT2D eigenvalue weighted by Crippen LogP contribution is -2.42. The number of aromatic nitrogens is 1. The van der Waals surface area contributed by atoms with Crippen LogP contribution in [0.15, 0.2) is 22.8 Å². The summed E-state index contributed by atoms with van der Waals surface area (Å²) in [6, 6.07) is 3.59. The van der Waals surface area contributed by atoms with Crippen molar-refractivity contribution in [2.75, 3.05) is 25.0 Å². The standard InChI is InChI=1S/C13H17BrN4O2/c14-10-1-2-12(16-7-10)17-13(20)9-3-5-18(6-4-9)8-11(15)19/h1-2,7,9H,3-6,8H2,(H2,15,19)(H,16,17,20). The van der Waals surface area contributed by atoms with Crippen LogP contribution in [-0.4, -0.2) is 41.3 Å². The maximum absolute atomic E-state index is 12.1. The topological polar surface area (TPSA) is 88.3 Å². The first-order valence-electron chi connectivity index (χ1n) is 6.47. The normalized spacial score (nSPS) is 16.9. The number of nitrogens with one attached hydrogen (secondary N) is 1. The maximum Gasteiger partial charge on any atom is 0.231 e. The van der Waals surface area contributed by atoms with Gasteiger partial charge >= 0.3 is 0 Å². The number of hydrogen-bond donors (Lipinski definition) is 2. The van der Waals surface area contributed by atoms with E-state index in [2.05, 4.69) is 26.2 Å². The van der Waals surface area contributed by atoms with Gasteiger partial charge in [0.2, 0.25) is 11.8 Å². The summed E-state index contributed by atoms with van der Waals surface area (Å²) in [5.41, 5.74) is 5.16. The second-order valence-electron chi connectivity index (χ2n) is 4.87. The zero-order chi connectivity index (χ0) is 14.5. The van der Waals surface area contributed by atoms with Crippen molar-refractivity contribution in [3.63, 3.8) is 0 Å². The van der Waals surface area contributed by atoms with Crippen molar-refractivity contribution in [2.45, 2.75) is 12.8 Å². The minimum absolute atomic E-state index is 0.0152. The number of rotatable bonds is 4. The monoisotopic (exact) mass is 340 g/mol. The predicted molar refractivity (Wildman–Crippen MR) is 78.9 cm³/mol. The van der Waals surface area contributed by atoms with Gasteiger partial charge in [0.25, 0.3) is 0 Å². The van der Waals surface area contributed by atoms with Gasteiger partial charge < -0.3 is 11.1 Å². The largest absolute Gasteiger partial charge is 0.369 e. The molecular weight excluding hydrogens is 324 g/mol. The molecule has 0 radical (unpaired) electrons. The van der Waals surface area contributed by atoms with Gasteiger partial charge in [0.1, 0.15) is 5.82 Å². The number of hydrogen-bond acceptors (Lipinski definition) is 4. The van der Waals surface area contributed by atoms with Gasteiger partial charge in [-0.05, 0) is 54.0 Å². The first-order chi connectivity index (χ1) is 9.54. The highest BCUT2D eigenvalue weighted by atomic mass is 79.9. The fourth-order valence-electron chi connectivity index (χ4n) is 2.25. The molecule has 6 nitrogen and oxygen atoms in total. The SMILES string of the molecule is NC(=O)CN1CCC(C(=O)Nc2ccc(Br)cn2)CC1. The highest BCUT2D eigenvalue weighted by molar-refractivity contribution is 9.10. The lowest BCUT2D eigenvalue weighted by molar-refractivity contribution is -0.122. The number of carbonyl (C=O) groups is 2. The second-order valence-corrected chi connectivity index (χ2v) is 5.78. The van der Waals surface area contributed by atoms with Crippen molar-refractivity contribution in [3.8, 4) is 0 Å². The fourth-order valence-corrected chi connectivity index (χ4v) is 2.49. The van der Waals surface area contributed by atoms with Crippen LogP contribution in [0, 0.1) is 5.92 Å². The lowest BCUT2D eigenvalue weighted by atomic mass is 9.96. The predicted octanol–water partition coefficient (Wildman–Crippen LogP) is 0.980. The van der Waals surface area contributed by atoms with E-state index < -0.39 is 0 Å². The van der Waals surface area contributed by atoms with E-state index in [9.17, 15) is 9.59 Å². The van der Waals surface area contributed by atoms with Crippen molar-refractivity contribution < 1.29 is 9.59 Å². The molecule has 7 heteroatoms. The van der Waals surface area contributed by atoms with Gasteiger partial charge in [-0.1, -0.05) is 0 Å². The van der Waals surface area contributed by atoms with Crippen LogP contribution in [0.5, 0.6) is 0 Å². The molecule has 1 aromatic rings. The minimum Gasteiger partial charge on any atom is -0.369 e. The van der Waals surface area contributed by atoms with E-state index >= 15 is 0 Å². The summed E-state index contributed by atoms with van der Waals surface area (Å²) in [6.07, 6.45) is 3.11. The molecule has 2 amide bonds. The molecule has 0 spiro atoms. The Balaban J connectivity index is 1.82. The van der Waals surface area contributed by atoms with Crippen molar-refractivity contribution in [1.82, 2.24) is 9.88 Å². The molecule has 0 atom stereocenters. The minimum atomic E-state index is -0.327. The summed E-state index contributed by atoms with van der Waals surface area (Å²) in [5, 5.41) is 2.81. The van der Waals surface area contributed by atoms with Gasteiger partial charge in [0.15, 0.2) is 0 Å². The molecule has 1 aliphatic rings. The Morgan fingerprint density at radius 2 is 2.10 bits per heavy atom. The molecule has 20 heavy (non-hydrogen) atoms. The van der Waals surface area contributed by atoms with Crippen LogP contribution >= 0.6 is 15.9 Å². The van der Waals surface area contributed by atoms with E-state index in [1.807, 2.05) is 11.0 Å². The van der Waals surface area contributed by atoms with E-state index in [4.69, 9.17) is 5.73 Å². The number of primary amides is 1. The fraction of sp³-hybridized carbons (Fsp3) is 0.462. The van der Waals surface area contributed by atoms with Crippen LogP contribution in [0.4, 0.5) is 5.82 Å². The smallest absolute Gasteiger partial charge is 0.231 e. The van der Waals surface area contributed by atoms with E-state index in [1.54, 1.807) is 12.3 Å². The van der Waals surface area contributed by atoms with Crippen molar-refractivity contribution in [1.29, 1.82) is 0 Å². The zero-order valence-electron chi connectivity index (χ0n) is 11.0. The average molecular weight is 341 g/mol. The average Bonchev–Trinajstić information content (AvgIpc) is 2.41. The molecule has 0 bridgehead atoms. The highest BCUT2D eigenvalue weighted by Crippen LogP contribution is 2.19. The van der Waals surface area contributed by atoms with Gasteiger partial charge in [-0.15, -0.1) is 0 Å². The molecular formula is C13H17BrN4O2. The highest BCUT2D eigenvalue weighted by Gasteiger charge is 2.25. The molecule has 3 N–H and O–H groups in total. The first kappa shape index (κ1) is 14.9. The molecule has 1 fully saturated rings. The van der Waals surface area contributed by atoms with Crippen LogP contribution < -0.4 is 11.1 Å². The number of anilines is 1. The van der Waals surface area contributed by atoms with Crippen LogP contribution in [0.3, 0.4) is 0 Å². The van der Waals surface area contributed by atoms with Crippen LogP contribution in [0.2, 0.25) is 0 Å².